The van der Waals surface area contributed by atoms with Crippen molar-refractivity contribution in [2.24, 2.45) is 0 Å². The van der Waals surface area contributed by atoms with E-state index in [9.17, 15) is 13.2 Å². The van der Waals surface area contributed by atoms with Gasteiger partial charge in [-0.1, -0.05) is 53.3 Å². The van der Waals surface area contributed by atoms with E-state index in [0.29, 0.717) is 48.3 Å². The zero-order valence-corrected chi connectivity index (χ0v) is 20.6. The predicted molar refractivity (Wildman–Crippen MR) is 133 cm³/mol. The highest BCUT2D eigenvalue weighted by Gasteiger charge is 2.28. The van der Waals surface area contributed by atoms with Crippen LogP contribution in [0, 0.1) is 13.8 Å². The van der Waals surface area contributed by atoms with Crippen LogP contribution in [0.1, 0.15) is 16.8 Å². The van der Waals surface area contributed by atoms with E-state index in [1.807, 2.05) is 50.2 Å². The Hall–Kier alpha value is -2.92. The molecule has 176 valence electrons. The molecular formula is C24H25N5O3S2. The Kier molecular flexibility index (Phi) is 6.07. The maximum Gasteiger partial charge on any atom is 0.275 e. The van der Waals surface area contributed by atoms with Gasteiger partial charge < -0.3 is 0 Å². The van der Waals surface area contributed by atoms with Gasteiger partial charge in [0.05, 0.1) is 10.6 Å². The summed E-state index contributed by atoms with van der Waals surface area (Å²) in [4.78, 5) is 20.4. The molecule has 0 bridgehead atoms. The van der Waals surface area contributed by atoms with Crippen molar-refractivity contribution in [2.45, 2.75) is 25.3 Å². The summed E-state index contributed by atoms with van der Waals surface area (Å²) in [5, 5.41) is 5.23. The van der Waals surface area contributed by atoms with Crippen LogP contribution in [-0.4, -0.2) is 58.4 Å². The second kappa shape index (κ2) is 9.03. The van der Waals surface area contributed by atoms with Crippen molar-refractivity contribution in [3.63, 3.8) is 0 Å². The Bertz CT molecular complexity index is 1500. The Morgan fingerprint density at radius 1 is 0.971 bits per heavy atom. The van der Waals surface area contributed by atoms with Gasteiger partial charge in [-0.3, -0.25) is 9.69 Å². The van der Waals surface area contributed by atoms with Gasteiger partial charge >= 0.3 is 0 Å². The van der Waals surface area contributed by atoms with Crippen molar-refractivity contribution in [3.05, 3.63) is 81.8 Å². The predicted octanol–water partition coefficient (Wildman–Crippen LogP) is 2.94. The third kappa shape index (κ3) is 4.41. The molecular weight excluding hydrogens is 470 g/mol. The molecule has 0 atom stereocenters. The quantitative estimate of drug-likeness (QED) is 0.423. The van der Waals surface area contributed by atoms with E-state index >= 15 is 0 Å². The Labute approximate surface area is 202 Å². The van der Waals surface area contributed by atoms with Crippen LogP contribution in [0.15, 0.2) is 64.3 Å². The highest BCUT2D eigenvalue weighted by atomic mass is 32.2. The van der Waals surface area contributed by atoms with Crippen molar-refractivity contribution in [3.8, 4) is 10.6 Å². The molecule has 0 saturated carbocycles. The number of aromatic nitrogens is 3. The first kappa shape index (κ1) is 22.9. The fraction of sp³-hybridized carbons (Fsp3) is 0.292. The lowest BCUT2D eigenvalue weighted by atomic mass is 10.1. The van der Waals surface area contributed by atoms with Crippen LogP contribution in [0.2, 0.25) is 0 Å². The monoisotopic (exact) mass is 495 g/mol. The Morgan fingerprint density at radius 3 is 2.38 bits per heavy atom. The molecule has 1 fully saturated rings. The zero-order chi connectivity index (χ0) is 23.9. The van der Waals surface area contributed by atoms with Crippen LogP contribution in [0.25, 0.3) is 15.5 Å². The third-order valence-electron chi connectivity index (χ3n) is 6.05. The topological polar surface area (TPSA) is 87.9 Å². The van der Waals surface area contributed by atoms with E-state index in [1.54, 1.807) is 12.1 Å². The highest BCUT2D eigenvalue weighted by Crippen LogP contribution is 2.27. The molecule has 1 aliphatic rings. The molecule has 2 aromatic heterocycles. The SMILES string of the molecule is Cc1ccc(S(=O)(=O)N2CCN(Cc3cc(=O)n4nc(-c5ccccc5C)sc4n3)CC2)cc1. The van der Waals surface area contributed by atoms with E-state index in [2.05, 4.69) is 15.0 Å². The third-order valence-corrected chi connectivity index (χ3v) is 8.90. The van der Waals surface area contributed by atoms with E-state index in [0.717, 1.165) is 21.7 Å². The number of hydrogen-bond donors (Lipinski definition) is 0. The molecule has 3 heterocycles. The van der Waals surface area contributed by atoms with Crippen LogP contribution in [0.4, 0.5) is 0 Å². The summed E-state index contributed by atoms with van der Waals surface area (Å²) >= 11 is 1.39. The number of nitrogens with zero attached hydrogens (tertiary/aromatic N) is 5. The first-order chi connectivity index (χ1) is 16.3. The normalized spacial score (nSPS) is 15.7. The molecule has 0 N–H and O–H groups in total. The minimum absolute atomic E-state index is 0.211. The number of aryl methyl sites for hydroxylation is 2. The van der Waals surface area contributed by atoms with Gasteiger partial charge in [-0.25, -0.2) is 13.4 Å². The van der Waals surface area contributed by atoms with E-state index in [-0.39, 0.29) is 5.56 Å². The first-order valence-corrected chi connectivity index (χ1v) is 13.3. The Morgan fingerprint density at radius 2 is 1.68 bits per heavy atom. The van der Waals surface area contributed by atoms with E-state index in [1.165, 1.54) is 26.2 Å². The van der Waals surface area contributed by atoms with Gasteiger partial charge in [0.2, 0.25) is 15.0 Å². The molecule has 4 aromatic rings. The average Bonchev–Trinajstić information content (AvgIpc) is 3.24. The summed E-state index contributed by atoms with van der Waals surface area (Å²) in [5.41, 5.74) is 3.56. The van der Waals surface area contributed by atoms with Crippen molar-refractivity contribution >= 4 is 26.3 Å². The molecule has 0 radical (unpaired) electrons. The van der Waals surface area contributed by atoms with Crippen LogP contribution < -0.4 is 5.56 Å². The Balaban J connectivity index is 1.30. The standard InChI is InChI=1S/C24H25N5O3S2/c1-17-7-9-20(10-8-17)34(31,32)28-13-11-27(12-14-28)16-19-15-22(30)29-24(25-19)33-23(26-29)21-6-4-3-5-18(21)2/h3-10,15H,11-14,16H2,1-2H3. The highest BCUT2D eigenvalue weighted by molar-refractivity contribution is 7.89. The minimum atomic E-state index is -3.51. The lowest BCUT2D eigenvalue weighted by Crippen LogP contribution is -2.48. The van der Waals surface area contributed by atoms with E-state index in [4.69, 9.17) is 0 Å². The summed E-state index contributed by atoms with van der Waals surface area (Å²) in [7, 11) is -3.51. The van der Waals surface area contributed by atoms with Crippen LogP contribution in [0.3, 0.4) is 0 Å². The zero-order valence-electron chi connectivity index (χ0n) is 19.0. The second-order valence-corrected chi connectivity index (χ2v) is 11.4. The van der Waals surface area contributed by atoms with Gasteiger partial charge in [0.1, 0.15) is 5.01 Å². The maximum absolute atomic E-state index is 12.9. The molecule has 34 heavy (non-hydrogen) atoms. The van der Waals surface area contributed by atoms with E-state index < -0.39 is 10.0 Å². The van der Waals surface area contributed by atoms with Gasteiger partial charge in [0.25, 0.3) is 5.56 Å². The summed E-state index contributed by atoms with van der Waals surface area (Å²) in [6, 6.07) is 16.4. The molecule has 8 nitrogen and oxygen atoms in total. The first-order valence-electron chi connectivity index (χ1n) is 11.1. The average molecular weight is 496 g/mol. The number of piperazine rings is 1. The van der Waals surface area contributed by atoms with Gasteiger partial charge in [-0.2, -0.15) is 13.9 Å². The molecule has 10 heteroatoms. The fourth-order valence-electron chi connectivity index (χ4n) is 4.08. The van der Waals surface area contributed by atoms with Crippen molar-refractivity contribution in [1.82, 2.24) is 23.8 Å². The van der Waals surface area contributed by atoms with Gasteiger partial charge in [0.15, 0.2) is 0 Å². The summed E-state index contributed by atoms with van der Waals surface area (Å²) < 4.78 is 28.8. The van der Waals surface area contributed by atoms with Gasteiger partial charge in [-0.15, -0.1) is 0 Å². The largest absolute Gasteiger partial charge is 0.295 e. The minimum Gasteiger partial charge on any atom is -0.295 e. The molecule has 2 aromatic carbocycles. The number of rotatable bonds is 5. The fourth-order valence-corrected chi connectivity index (χ4v) is 6.51. The van der Waals surface area contributed by atoms with Crippen LogP contribution >= 0.6 is 11.3 Å². The summed E-state index contributed by atoms with van der Waals surface area (Å²) in [6.45, 7) is 6.38. The number of sulfonamides is 1. The second-order valence-electron chi connectivity index (χ2n) is 8.50. The summed E-state index contributed by atoms with van der Waals surface area (Å²) in [5.74, 6) is 0. The lowest BCUT2D eigenvalue weighted by Gasteiger charge is -2.33. The maximum atomic E-state index is 12.9. The van der Waals surface area contributed by atoms with Gasteiger partial charge in [-0.05, 0) is 31.5 Å². The molecule has 1 saturated heterocycles. The van der Waals surface area contributed by atoms with Crippen molar-refractivity contribution in [1.29, 1.82) is 0 Å². The molecule has 0 amide bonds. The van der Waals surface area contributed by atoms with Crippen molar-refractivity contribution in [2.75, 3.05) is 26.2 Å². The van der Waals surface area contributed by atoms with Crippen molar-refractivity contribution < 1.29 is 8.42 Å². The van der Waals surface area contributed by atoms with Crippen LogP contribution in [-0.2, 0) is 16.6 Å². The number of hydrogen-bond acceptors (Lipinski definition) is 7. The number of benzene rings is 2. The smallest absolute Gasteiger partial charge is 0.275 e. The van der Waals surface area contributed by atoms with Crippen LogP contribution in [0.5, 0.6) is 0 Å². The lowest BCUT2D eigenvalue weighted by molar-refractivity contribution is 0.180. The molecule has 5 rings (SSSR count). The molecule has 0 aliphatic carbocycles. The molecule has 0 unspecified atom stereocenters. The molecule has 0 spiro atoms. The summed E-state index contributed by atoms with van der Waals surface area (Å²) in [6.07, 6.45) is 0. The van der Waals surface area contributed by atoms with Gasteiger partial charge in [0, 0.05) is 44.4 Å². The molecule has 1 aliphatic heterocycles. The number of fused-ring (bicyclic) bond motifs is 1.